The number of hydrogen-bond donors (Lipinski definition) is 1. The molecule has 0 aromatic heterocycles. The Balaban J connectivity index is 1.73. The summed E-state index contributed by atoms with van der Waals surface area (Å²) < 4.78 is 0. The van der Waals surface area contributed by atoms with Crippen LogP contribution in [0.25, 0.3) is 0 Å². The number of nitrogens with zero attached hydrogens (tertiary/aromatic N) is 1. The van der Waals surface area contributed by atoms with Crippen molar-refractivity contribution in [3.8, 4) is 0 Å². The van der Waals surface area contributed by atoms with Crippen LogP contribution in [-0.2, 0) is 0 Å². The van der Waals surface area contributed by atoms with E-state index in [2.05, 4.69) is 55.6 Å². The maximum absolute atomic E-state index is 13.2. The molecule has 0 spiro atoms. The number of anilines is 1. The summed E-state index contributed by atoms with van der Waals surface area (Å²) in [5.41, 5.74) is 5.16. The smallest absolute Gasteiger partial charge is 0.256 e. The van der Waals surface area contributed by atoms with Gasteiger partial charge in [0.15, 0.2) is 0 Å². The van der Waals surface area contributed by atoms with E-state index >= 15 is 0 Å². The number of carbonyl (C=O) groups excluding carboxylic acids is 1. The molecule has 2 atom stereocenters. The minimum atomic E-state index is -0.184. The Morgan fingerprint density at radius 2 is 1.54 bits per heavy atom. The lowest BCUT2D eigenvalue weighted by Crippen LogP contribution is -2.34. The van der Waals surface area contributed by atoms with Crippen LogP contribution in [0.1, 0.15) is 46.2 Å². The lowest BCUT2D eigenvalue weighted by molar-refractivity contribution is 0.0667. The molecule has 1 aliphatic rings. The highest BCUT2D eigenvalue weighted by molar-refractivity contribution is 5.99. The van der Waals surface area contributed by atoms with Gasteiger partial charge in [-0.1, -0.05) is 66.2 Å². The maximum Gasteiger partial charge on any atom is 0.256 e. The molecule has 0 unspecified atom stereocenters. The Kier molecular flexibility index (Phi) is 4.21. The van der Waals surface area contributed by atoms with Crippen LogP contribution in [0.4, 0.5) is 5.69 Å². The van der Waals surface area contributed by atoms with Crippen molar-refractivity contribution >= 4 is 11.6 Å². The molecule has 1 heterocycles. The predicted octanol–water partition coefficient (Wildman–Crippen LogP) is 5.32. The molecule has 3 aromatic carbocycles. The fourth-order valence-electron chi connectivity index (χ4n) is 3.58. The minimum Gasteiger partial charge on any atom is -0.361 e. The third-order valence-electron chi connectivity index (χ3n) is 5.05. The van der Waals surface area contributed by atoms with Crippen molar-refractivity contribution in [2.24, 2.45) is 0 Å². The summed E-state index contributed by atoms with van der Waals surface area (Å²) in [5.74, 6) is 0.0709. The van der Waals surface area contributed by atoms with E-state index in [0.717, 1.165) is 22.4 Å². The Morgan fingerprint density at radius 1 is 0.885 bits per heavy atom. The lowest BCUT2D eigenvalue weighted by atomic mass is 10.1. The number of amides is 1. The average molecular weight is 342 g/mol. The molecule has 26 heavy (non-hydrogen) atoms. The first-order valence-electron chi connectivity index (χ1n) is 8.95. The van der Waals surface area contributed by atoms with Gasteiger partial charge in [-0.2, -0.15) is 0 Å². The van der Waals surface area contributed by atoms with Crippen LogP contribution in [0.2, 0.25) is 0 Å². The number of nitrogens with one attached hydrogen (secondary N) is 1. The molecule has 3 aromatic rings. The van der Waals surface area contributed by atoms with Gasteiger partial charge < -0.3 is 10.2 Å². The van der Waals surface area contributed by atoms with Crippen molar-refractivity contribution in [3.05, 3.63) is 101 Å². The van der Waals surface area contributed by atoms with E-state index in [4.69, 9.17) is 0 Å². The zero-order chi connectivity index (χ0) is 18.1. The summed E-state index contributed by atoms with van der Waals surface area (Å²) in [6, 6.07) is 26.3. The molecular formula is C23H22N2O. The van der Waals surface area contributed by atoms with Gasteiger partial charge >= 0.3 is 0 Å². The third-order valence-corrected chi connectivity index (χ3v) is 5.05. The van der Waals surface area contributed by atoms with Gasteiger partial charge in [0.25, 0.3) is 5.91 Å². The van der Waals surface area contributed by atoms with Gasteiger partial charge in [0, 0.05) is 16.8 Å². The van der Waals surface area contributed by atoms with Crippen molar-refractivity contribution in [3.63, 3.8) is 0 Å². The third kappa shape index (κ3) is 2.86. The second kappa shape index (κ2) is 6.68. The fourth-order valence-corrected chi connectivity index (χ4v) is 3.58. The van der Waals surface area contributed by atoms with Gasteiger partial charge in [0.1, 0.15) is 6.17 Å². The van der Waals surface area contributed by atoms with Crippen molar-refractivity contribution < 1.29 is 4.79 Å². The summed E-state index contributed by atoms with van der Waals surface area (Å²) in [6.45, 7) is 4.16. The first kappa shape index (κ1) is 16.4. The highest BCUT2D eigenvalue weighted by Crippen LogP contribution is 2.40. The summed E-state index contributed by atoms with van der Waals surface area (Å²) >= 11 is 0. The van der Waals surface area contributed by atoms with E-state index in [1.54, 1.807) is 0 Å². The molecule has 130 valence electrons. The molecule has 0 saturated heterocycles. The molecule has 1 aliphatic heterocycles. The second-order valence-electron chi connectivity index (χ2n) is 6.80. The molecular weight excluding hydrogens is 320 g/mol. The molecule has 3 nitrogen and oxygen atoms in total. The molecule has 0 fully saturated rings. The van der Waals surface area contributed by atoms with Crippen LogP contribution in [0.15, 0.2) is 78.9 Å². The number of benzene rings is 3. The highest BCUT2D eigenvalue weighted by Gasteiger charge is 2.39. The van der Waals surface area contributed by atoms with Gasteiger partial charge in [-0.15, -0.1) is 0 Å². The van der Waals surface area contributed by atoms with Crippen LogP contribution >= 0.6 is 0 Å². The molecule has 3 heteroatoms. The van der Waals surface area contributed by atoms with E-state index in [9.17, 15) is 4.79 Å². The highest BCUT2D eigenvalue weighted by atomic mass is 16.2. The van der Waals surface area contributed by atoms with Gasteiger partial charge in [0.05, 0.1) is 6.04 Å². The summed E-state index contributed by atoms with van der Waals surface area (Å²) in [5, 5.41) is 3.56. The number of aryl methyl sites for hydroxylation is 1. The van der Waals surface area contributed by atoms with Crippen LogP contribution in [-0.4, -0.2) is 10.8 Å². The molecule has 0 saturated carbocycles. The Morgan fingerprint density at radius 3 is 2.27 bits per heavy atom. The van der Waals surface area contributed by atoms with Crippen LogP contribution < -0.4 is 5.32 Å². The van der Waals surface area contributed by atoms with E-state index in [1.807, 2.05) is 47.4 Å². The quantitative estimate of drug-likeness (QED) is 0.696. The minimum absolute atomic E-state index is 0.0287. The average Bonchev–Trinajstić information content (AvgIpc) is 2.96. The summed E-state index contributed by atoms with van der Waals surface area (Å²) in [4.78, 5) is 15.1. The van der Waals surface area contributed by atoms with Gasteiger partial charge in [-0.25, -0.2) is 0 Å². The van der Waals surface area contributed by atoms with Crippen LogP contribution in [0.3, 0.4) is 0 Å². The largest absolute Gasteiger partial charge is 0.361 e. The van der Waals surface area contributed by atoms with Crippen LogP contribution in [0, 0.1) is 6.92 Å². The zero-order valence-electron chi connectivity index (χ0n) is 15.0. The van der Waals surface area contributed by atoms with E-state index in [1.165, 1.54) is 5.56 Å². The van der Waals surface area contributed by atoms with Gasteiger partial charge in [-0.3, -0.25) is 4.79 Å². The normalized spacial score (nSPS) is 17.1. The van der Waals surface area contributed by atoms with Gasteiger partial charge in [-0.05, 0) is 37.6 Å². The Labute approximate surface area is 154 Å². The Bertz CT molecular complexity index is 918. The second-order valence-corrected chi connectivity index (χ2v) is 6.80. The SMILES string of the molecule is Cc1ccc(N[C@@H]2c3ccccc3C(=O)N2[C@H](C)c2ccccc2)cc1. The summed E-state index contributed by atoms with van der Waals surface area (Å²) in [6.07, 6.45) is -0.184. The maximum atomic E-state index is 13.2. The number of rotatable bonds is 4. The standard InChI is InChI=1S/C23H22N2O/c1-16-12-14-19(15-13-16)24-22-20-10-6-7-11-21(20)23(26)25(22)17(2)18-8-4-3-5-9-18/h3-15,17,22,24H,1-2H3/t17-,22+/m1/s1. The van der Waals surface area contributed by atoms with Crippen molar-refractivity contribution in [1.29, 1.82) is 0 Å². The van der Waals surface area contributed by atoms with E-state index in [-0.39, 0.29) is 18.1 Å². The predicted molar refractivity (Wildman–Crippen MR) is 105 cm³/mol. The van der Waals surface area contributed by atoms with E-state index in [0.29, 0.717) is 0 Å². The molecule has 0 aliphatic carbocycles. The zero-order valence-corrected chi connectivity index (χ0v) is 15.0. The Hall–Kier alpha value is -3.07. The number of carbonyl (C=O) groups is 1. The molecule has 4 rings (SSSR count). The first-order valence-corrected chi connectivity index (χ1v) is 8.95. The van der Waals surface area contributed by atoms with E-state index < -0.39 is 0 Å². The topological polar surface area (TPSA) is 32.3 Å². The molecule has 1 N–H and O–H groups in total. The monoisotopic (exact) mass is 342 g/mol. The van der Waals surface area contributed by atoms with Gasteiger partial charge in [0.2, 0.25) is 0 Å². The number of fused-ring (bicyclic) bond motifs is 1. The van der Waals surface area contributed by atoms with Crippen molar-refractivity contribution in [2.45, 2.75) is 26.1 Å². The van der Waals surface area contributed by atoms with Crippen molar-refractivity contribution in [2.75, 3.05) is 5.32 Å². The molecule has 1 amide bonds. The summed E-state index contributed by atoms with van der Waals surface area (Å²) in [7, 11) is 0. The fraction of sp³-hybridized carbons (Fsp3) is 0.174. The lowest BCUT2D eigenvalue weighted by Gasteiger charge is -2.32. The van der Waals surface area contributed by atoms with Crippen molar-refractivity contribution in [1.82, 2.24) is 4.90 Å². The molecule has 0 radical (unpaired) electrons. The first-order chi connectivity index (χ1) is 12.6. The number of hydrogen-bond acceptors (Lipinski definition) is 2. The molecule has 0 bridgehead atoms. The van der Waals surface area contributed by atoms with Crippen LogP contribution in [0.5, 0.6) is 0 Å².